The maximum atomic E-state index is 13.5. The molecule has 0 radical (unpaired) electrons. The highest BCUT2D eigenvalue weighted by atomic mass is 35.5. The van der Waals surface area contributed by atoms with Crippen molar-refractivity contribution in [3.8, 4) is 5.75 Å². The van der Waals surface area contributed by atoms with E-state index in [0.29, 0.717) is 23.9 Å². The first-order valence-corrected chi connectivity index (χ1v) is 10.9. The van der Waals surface area contributed by atoms with Crippen LogP contribution in [0.15, 0.2) is 78.9 Å². The molecule has 166 valence electrons. The summed E-state index contributed by atoms with van der Waals surface area (Å²) in [5.74, 6) is 0.339. The number of benzene rings is 3. The van der Waals surface area contributed by atoms with Gasteiger partial charge in [0.05, 0.1) is 7.11 Å². The first kappa shape index (κ1) is 23.4. The van der Waals surface area contributed by atoms with E-state index in [-0.39, 0.29) is 18.2 Å². The van der Waals surface area contributed by atoms with Crippen LogP contribution in [-0.4, -0.2) is 23.8 Å². The first-order chi connectivity index (χ1) is 15.5. The van der Waals surface area contributed by atoms with Crippen molar-refractivity contribution in [2.75, 3.05) is 7.11 Å². The summed E-state index contributed by atoms with van der Waals surface area (Å²) in [6.07, 6.45) is 0.288. The largest absolute Gasteiger partial charge is 0.496 e. The minimum absolute atomic E-state index is 0.110. The maximum absolute atomic E-state index is 13.5. The van der Waals surface area contributed by atoms with Crippen LogP contribution in [0.4, 0.5) is 0 Å². The van der Waals surface area contributed by atoms with Crippen molar-refractivity contribution < 1.29 is 14.3 Å². The van der Waals surface area contributed by atoms with Crippen LogP contribution in [0.5, 0.6) is 5.75 Å². The summed E-state index contributed by atoms with van der Waals surface area (Å²) in [6.45, 7) is 2.39. The molecule has 0 saturated heterocycles. The highest BCUT2D eigenvalue weighted by molar-refractivity contribution is 6.30. The van der Waals surface area contributed by atoms with Crippen LogP contribution in [0.25, 0.3) is 0 Å². The number of carbonyl (C=O) groups excluding carboxylic acids is 2. The monoisotopic (exact) mass is 450 g/mol. The number of rotatable bonds is 9. The van der Waals surface area contributed by atoms with Crippen LogP contribution in [0, 0.1) is 0 Å². The van der Waals surface area contributed by atoms with Gasteiger partial charge in [0.15, 0.2) is 0 Å². The summed E-state index contributed by atoms with van der Waals surface area (Å²) < 4.78 is 5.39. The summed E-state index contributed by atoms with van der Waals surface area (Å²) in [5, 5.41) is 3.61. The molecule has 5 nitrogen and oxygen atoms in total. The Bertz CT molecular complexity index is 1040. The molecular weight excluding hydrogens is 424 g/mol. The predicted molar refractivity (Wildman–Crippen MR) is 126 cm³/mol. The van der Waals surface area contributed by atoms with Crippen LogP contribution in [0.2, 0.25) is 5.02 Å². The minimum atomic E-state index is -0.769. The van der Waals surface area contributed by atoms with Gasteiger partial charge in [-0.05, 0) is 29.3 Å². The molecule has 0 spiro atoms. The molecule has 6 heteroatoms. The molecule has 3 rings (SSSR count). The van der Waals surface area contributed by atoms with Crippen LogP contribution >= 0.6 is 11.6 Å². The van der Waals surface area contributed by atoms with E-state index in [9.17, 15) is 9.59 Å². The molecule has 0 saturated carbocycles. The molecule has 0 unspecified atom stereocenters. The van der Waals surface area contributed by atoms with Gasteiger partial charge >= 0.3 is 0 Å². The topological polar surface area (TPSA) is 58.6 Å². The minimum Gasteiger partial charge on any atom is -0.496 e. The van der Waals surface area contributed by atoms with Gasteiger partial charge in [0.1, 0.15) is 11.8 Å². The summed E-state index contributed by atoms with van der Waals surface area (Å²) >= 11 is 6.02. The SMILES string of the molecule is CCC(=O)N(Cc1ccc(Cl)cc1)[C@@H](C(=O)NCc1ccccc1OC)c1ccccc1. The van der Waals surface area contributed by atoms with Crippen LogP contribution in [0.3, 0.4) is 0 Å². The van der Waals surface area contributed by atoms with Crippen molar-refractivity contribution in [1.82, 2.24) is 10.2 Å². The molecule has 0 bridgehead atoms. The van der Waals surface area contributed by atoms with Gasteiger partial charge in [-0.3, -0.25) is 9.59 Å². The van der Waals surface area contributed by atoms with E-state index < -0.39 is 6.04 Å². The van der Waals surface area contributed by atoms with E-state index in [1.807, 2.05) is 66.7 Å². The van der Waals surface area contributed by atoms with Gasteiger partial charge in [0.25, 0.3) is 0 Å². The smallest absolute Gasteiger partial charge is 0.247 e. The normalized spacial score (nSPS) is 11.5. The standard InChI is InChI=1S/C26H27ClN2O3/c1-3-24(30)29(18-19-13-15-22(27)16-14-19)25(20-9-5-4-6-10-20)26(31)28-17-21-11-7-8-12-23(21)32-2/h4-16,25H,3,17-18H2,1-2H3,(H,28,31)/t25-/m1/s1. The lowest BCUT2D eigenvalue weighted by atomic mass is 10.0. The molecule has 32 heavy (non-hydrogen) atoms. The second-order valence-electron chi connectivity index (χ2n) is 7.34. The van der Waals surface area contributed by atoms with Gasteiger partial charge < -0.3 is 15.0 Å². The van der Waals surface area contributed by atoms with Crippen molar-refractivity contribution in [2.24, 2.45) is 0 Å². The van der Waals surface area contributed by atoms with Crippen molar-refractivity contribution in [2.45, 2.75) is 32.5 Å². The van der Waals surface area contributed by atoms with Crippen molar-refractivity contribution >= 4 is 23.4 Å². The number of hydrogen-bond acceptors (Lipinski definition) is 3. The predicted octanol–water partition coefficient (Wildman–Crippen LogP) is 5.14. The summed E-state index contributed by atoms with van der Waals surface area (Å²) in [7, 11) is 1.60. The van der Waals surface area contributed by atoms with Crippen LogP contribution in [0.1, 0.15) is 36.1 Å². The Kier molecular flexibility index (Phi) is 8.28. The first-order valence-electron chi connectivity index (χ1n) is 10.5. The Morgan fingerprint density at radius 3 is 2.28 bits per heavy atom. The fraction of sp³-hybridized carbons (Fsp3) is 0.231. The van der Waals surface area contributed by atoms with Gasteiger partial charge in [-0.1, -0.05) is 79.2 Å². The van der Waals surface area contributed by atoms with Crippen molar-refractivity contribution in [3.05, 3.63) is 101 Å². The molecule has 3 aromatic rings. The Balaban J connectivity index is 1.91. The molecule has 0 fully saturated rings. The maximum Gasteiger partial charge on any atom is 0.247 e. The average Bonchev–Trinajstić information content (AvgIpc) is 2.84. The second-order valence-corrected chi connectivity index (χ2v) is 7.78. The Labute approximate surface area is 194 Å². The van der Waals surface area contributed by atoms with E-state index >= 15 is 0 Å². The summed E-state index contributed by atoms with van der Waals surface area (Å²) in [6, 6.07) is 23.4. The van der Waals surface area contributed by atoms with Crippen LogP contribution < -0.4 is 10.1 Å². The third-order valence-corrected chi connectivity index (χ3v) is 5.46. The Morgan fingerprint density at radius 1 is 0.969 bits per heavy atom. The number of halogens is 1. The zero-order chi connectivity index (χ0) is 22.9. The molecule has 3 aromatic carbocycles. The van der Waals surface area contributed by atoms with Crippen molar-refractivity contribution in [1.29, 1.82) is 0 Å². The highest BCUT2D eigenvalue weighted by Gasteiger charge is 2.30. The van der Waals surface area contributed by atoms with E-state index in [0.717, 1.165) is 16.7 Å². The zero-order valence-electron chi connectivity index (χ0n) is 18.3. The molecule has 1 N–H and O–H groups in total. The third kappa shape index (κ3) is 5.89. The van der Waals surface area contributed by atoms with Crippen LogP contribution in [-0.2, 0) is 22.7 Å². The van der Waals surface area contributed by atoms with Gasteiger partial charge in [-0.25, -0.2) is 0 Å². The van der Waals surface area contributed by atoms with Gasteiger partial charge in [0, 0.05) is 30.1 Å². The number of carbonyl (C=O) groups is 2. The lowest BCUT2D eigenvalue weighted by Gasteiger charge is -2.31. The molecule has 0 aliphatic rings. The van der Waals surface area contributed by atoms with Crippen molar-refractivity contribution in [3.63, 3.8) is 0 Å². The number of nitrogens with one attached hydrogen (secondary N) is 1. The van der Waals surface area contributed by atoms with Gasteiger partial charge in [0.2, 0.25) is 11.8 Å². The Hall–Kier alpha value is -3.31. The number of para-hydroxylation sites is 1. The van der Waals surface area contributed by atoms with E-state index in [1.54, 1.807) is 31.1 Å². The molecule has 2 amide bonds. The third-order valence-electron chi connectivity index (χ3n) is 5.21. The Morgan fingerprint density at radius 2 is 1.62 bits per heavy atom. The fourth-order valence-electron chi connectivity index (χ4n) is 3.55. The van der Waals surface area contributed by atoms with E-state index in [2.05, 4.69) is 5.32 Å². The highest BCUT2D eigenvalue weighted by Crippen LogP contribution is 2.26. The molecule has 0 aliphatic carbocycles. The molecule has 0 aliphatic heterocycles. The van der Waals surface area contributed by atoms with E-state index in [4.69, 9.17) is 16.3 Å². The van der Waals surface area contributed by atoms with Gasteiger partial charge in [-0.2, -0.15) is 0 Å². The fourth-order valence-corrected chi connectivity index (χ4v) is 3.68. The van der Waals surface area contributed by atoms with E-state index in [1.165, 1.54) is 0 Å². The molecule has 1 atom stereocenters. The number of ether oxygens (including phenoxy) is 1. The lowest BCUT2D eigenvalue weighted by molar-refractivity contribution is -0.141. The number of methoxy groups -OCH3 is 1. The summed E-state index contributed by atoms with van der Waals surface area (Å²) in [4.78, 5) is 28.1. The van der Waals surface area contributed by atoms with Gasteiger partial charge in [-0.15, -0.1) is 0 Å². The number of hydrogen-bond donors (Lipinski definition) is 1. The summed E-state index contributed by atoms with van der Waals surface area (Å²) in [5.41, 5.74) is 2.51. The number of amides is 2. The number of nitrogens with zero attached hydrogens (tertiary/aromatic N) is 1. The molecular formula is C26H27ClN2O3. The second kappa shape index (κ2) is 11.3. The molecule has 0 aromatic heterocycles. The zero-order valence-corrected chi connectivity index (χ0v) is 19.0. The molecule has 0 heterocycles. The lowest BCUT2D eigenvalue weighted by Crippen LogP contribution is -2.43. The average molecular weight is 451 g/mol. The quantitative estimate of drug-likeness (QED) is 0.490.